The van der Waals surface area contributed by atoms with Gasteiger partial charge in [-0.3, -0.25) is 4.79 Å². The number of alkyl halides is 1. The number of carbonyl (C=O) groups is 1. The minimum absolute atomic E-state index is 0.208. The molecule has 0 aliphatic rings. The molecular weight excluding hydrogens is 325 g/mol. The molecule has 0 fully saturated rings. The van der Waals surface area contributed by atoms with Crippen LogP contribution in [0.15, 0.2) is 5.16 Å². The number of ether oxygens (including phenoxy) is 1. The molecule has 0 aromatic rings. The summed E-state index contributed by atoms with van der Waals surface area (Å²) >= 11 is 2.21. The van der Waals surface area contributed by atoms with E-state index in [0.29, 0.717) is 12.8 Å². The SMILES string of the molecule is COC(=O)CC/C(CI)=N/O[Si](C)(C)C. The van der Waals surface area contributed by atoms with Gasteiger partial charge in [-0.05, 0) is 19.6 Å². The first kappa shape index (κ1) is 14.9. The van der Waals surface area contributed by atoms with Crippen molar-refractivity contribution in [3.05, 3.63) is 0 Å². The van der Waals surface area contributed by atoms with E-state index in [2.05, 4.69) is 52.1 Å². The van der Waals surface area contributed by atoms with Crippen LogP contribution in [-0.2, 0) is 14.1 Å². The molecule has 0 radical (unpaired) electrons. The van der Waals surface area contributed by atoms with Crippen molar-refractivity contribution in [3.8, 4) is 0 Å². The van der Waals surface area contributed by atoms with Gasteiger partial charge in [-0.25, -0.2) is 0 Å². The van der Waals surface area contributed by atoms with Gasteiger partial charge in [0.2, 0.25) is 0 Å². The number of hydrogen-bond acceptors (Lipinski definition) is 4. The molecular formula is C9H18INO3Si. The summed E-state index contributed by atoms with van der Waals surface area (Å²) in [4.78, 5) is 10.9. The first-order chi connectivity index (χ1) is 6.89. The van der Waals surface area contributed by atoms with Gasteiger partial charge in [-0.15, -0.1) is 5.16 Å². The molecule has 0 atom stereocenters. The zero-order valence-corrected chi connectivity index (χ0v) is 12.8. The van der Waals surface area contributed by atoms with Crippen LogP contribution in [0.25, 0.3) is 0 Å². The van der Waals surface area contributed by atoms with E-state index < -0.39 is 8.32 Å². The van der Waals surface area contributed by atoms with Gasteiger partial charge < -0.3 is 9.26 Å². The number of hydrogen-bond donors (Lipinski definition) is 0. The summed E-state index contributed by atoms with van der Waals surface area (Å²) in [6.07, 6.45) is 0.980. The second-order valence-corrected chi connectivity index (χ2v) is 9.24. The van der Waals surface area contributed by atoms with E-state index in [1.165, 1.54) is 7.11 Å². The lowest BCUT2D eigenvalue weighted by Gasteiger charge is -2.14. The number of nitrogens with zero attached hydrogens (tertiary/aromatic N) is 1. The number of halogens is 1. The highest BCUT2D eigenvalue weighted by molar-refractivity contribution is 14.1. The molecule has 6 heteroatoms. The Labute approximate surface area is 106 Å². The lowest BCUT2D eigenvalue weighted by molar-refractivity contribution is -0.140. The average molecular weight is 343 g/mol. The summed E-state index contributed by atoms with van der Waals surface area (Å²) < 4.78 is 10.8. The second-order valence-electron chi connectivity index (χ2n) is 4.07. The van der Waals surface area contributed by atoms with Crippen LogP contribution in [0.1, 0.15) is 12.8 Å². The number of esters is 1. The fraction of sp³-hybridized carbons (Fsp3) is 0.778. The van der Waals surface area contributed by atoms with Crippen molar-refractivity contribution in [1.29, 1.82) is 0 Å². The van der Waals surface area contributed by atoms with E-state index in [1.54, 1.807) is 0 Å². The summed E-state index contributed by atoms with van der Waals surface area (Å²) in [5, 5.41) is 4.08. The summed E-state index contributed by atoms with van der Waals surface area (Å²) in [5.74, 6) is -0.208. The van der Waals surface area contributed by atoms with Crippen LogP contribution in [0, 0.1) is 0 Å². The molecule has 0 N–H and O–H groups in total. The molecule has 0 saturated heterocycles. The van der Waals surface area contributed by atoms with Crippen molar-refractivity contribution in [2.45, 2.75) is 32.5 Å². The standard InChI is InChI=1S/C9H18INO3Si/c1-13-9(12)6-5-8(7-10)11-14-15(2,3)4/h5-7H2,1-4H3/b11-8-. The highest BCUT2D eigenvalue weighted by atomic mass is 127. The topological polar surface area (TPSA) is 47.9 Å². The number of oxime groups is 1. The maximum absolute atomic E-state index is 10.9. The molecule has 0 bridgehead atoms. The summed E-state index contributed by atoms with van der Waals surface area (Å²) in [6.45, 7) is 6.21. The van der Waals surface area contributed by atoms with Crippen molar-refractivity contribution >= 4 is 42.6 Å². The van der Waals surface area contributed by atoms with E-state index in [9.17, 15) is 4.79 Å². The van der Waals surface area contributed by atoms with Crippen molar-refractivity contribution in [2.75, 3.05) is 11.5 Å². The van der Waals surface area contributed by atoms with Gasteiger partial charge in [-0.2, -0.15) is 0 Å². The molecule has 0 amide bonds. The second kappa shape index (κ2) is 7.21. The molecule has 0 aromatic heterocycles. The lowest BCUT2D eigenvalue weighted by Crippen LogP contribution is -2.23. The molecule has 0 spiro atoms. The van der Waals surface area contributed by atoms with Crippen molar-refractivity contribution in [1.82, 2.24) is 0 Å². The molecule has 0 saturated carbocycles. The maximum atomic E-state index is 10.9. The molecule has 0 unspecified atom stereocenters. The van der Waals surface area contributed by atoms with E-state index in [4.69, 9.17) is 4.53 Å². The van der Waals surface area contributed by atoms with Crippen molar-refractivity contribution < 1.29 is 14.1 Å². The van der Waals surface area contributed by atoms with Crippen LogP contribution in [0.5, 0.6) is 0 Å². The van der Waals surface area contributed by atoms with Crippen LogP contribution in [0.4, 0.5) is 0 Å². The van der Waals surface area contributed by atoms with E-state index in [0.717, 1.165) is 10.1 Å². The molecule has 4 nitrogen and oxygen atoms in total. The van der Waals surface area contributed by atoms with Crippen molar-refractivity contribution in [2.24, 2.45) is 5.16 Å². The lowest BCUT2D eigenvalue weighted by atomic mass is 10.2. The Kier molecular flexibility index (Phi) is 7.15. The maximum Gasteiger partial charge on any atom is 0.305 e. The van der Waals surface area contributed by atoms with Gasteiger partial charge in [0.25, 0.3) is 8.32 Å². The average Bonchev–Trinajstić information content (AvgIpc) is 2.16. The molecule has 0 aliphatic heterocycles. The number of carbonyl (C=O) groups excluding carboxylic acids is 1. The predicted molar refractivity (Wildman–Crippen MR) is 72.0 cm³/mol. The van der Waals surface area contributed by atoms with Crippen LogP contribution < -0.4 is 0 Å². The first-order valence-corrected chi connectivity index (χ1v) is 9.69. The highest BCUT2D eigenvalue weighted by Crippen LogP contribution is 2.06. The summed E-state index contributed by atoms with van der Waals surface area (Å²) in [5.41, 5.74) is 0.906. The van der Waals surface area contributed by atoms with E-state index in [-0.39, 0.29) is 5.97 Å². The number of rotatable bonds is 6. The normalized spacial score (nSPS) is 12.5. The largest absolute Gasteiger partial charge is 0.469 e. The first-order valence-electron chi connectivity index (χ1n) is 4.75. The van der Waals surface area contributed by atoms with Crippen molar-refractivity contribution in [3.63, 3.8) is 0 Å². The van der Waals surface area contributed by atoms with Crippen LogP contribution in [-0.4, -0.2) is 31.5 Å². The van der Waals surface area contributed by atoms with Crippen LogP contribution in [0.3, 0.4) is 0 Å². The number of methoxy groups -OCH3 is 1. The van der Waals surface area contributed by atoms with Gasteiger partial charge in [0.15, 0.2) is 0 Å². The van der Waals surface area contributed by atoms with Gasteiger partial charge in [0, 0.05) is 10.8 Å². The molecule has 15 heavy (non-hydrogen) atoms. The Hall–Kier alpha value is -0.113. The Bertz CT molecular complexity index is 238. The fourth-order valence-corrected chi connectivity index (χ4v) is 1.61. The molecule has 0 rings (SSSR count). The Balaban J connectivity index is 4.07. The van der Waals surface area contributed by atoms with Gasteiger partial charge >= 0.3 is 5.97 Å². The Morgan fingerprint density at radius 3 is 2.33 bits per heavy atom. The quantitative estimate of drug-likeness (QED) is 0.186. The Morgan fingerprint density at radius 1 is 1.33 bits per heavy atom. The summed E-state index contributed by atoms with van der Waals surface area (Å²) in [7, 11) is -0.217. The zero-order chi connectivity index (χ0) is 11.9. The monoisotopic (exact) mass is 343 g/mol. The predicted octanol–water partition coefficient (Wildman–Crippen LogP) is 2.58. The molecule has 0 aliphatic carbocycles. The third-order valence-electron chi connectivity index (χ3n) is 1.45. The zero-order valence-electron chi connectivity index (χ0n) is 9.67. The van der Waals surface area contributed by atoms with Gasteiger partial charge in [0.05, 0.1) is 19.2 Å². The Morgan fingerprint density at radius 2 is 1.93 bits per heavy atom. The summed E-state index contributed by atoms with van der Waals surface area (Å²) in [6, 6.07) is 0. The molecule has 88 valence electrons. The third-order valence-corrected chi connectivity index (χ3v) is 2.97. The van der Waals surface area contributed by atoms with Crippen LogP contribution >= 0.6 is 22.6 Å². The molecule has 0 aromatic carbocycles. The van der Waals surface area contributed by atoms with Gasteiger partial charge in [0.1, 0.15) is 0 Å². The fourth-order valence-electron chi connectivity index (χ4n) is 0.687. The van der Waals surface area contributed by atoms with E-state index >= 15 is 0 Å². The van der Waals surface area contributed by atoms with E-state index in [1.807, 2.05) is 0 Å². The smallest absolute Gasteiger partial charge is 0.305 e. The molecule has 0 heterocycles. The highest BCUT2D eigenvalue weighted by Gasteiger charge is 2.16. The third kappa shape index (κ3) is 8.85. The minimum atomic E-state index is -1.61. The minimum Gasteiger partial charge on any atom is -0.469 e. The van der Waals surface area contributed by atoms with Gasteiger partial charge in [-0.1, -0.05) is 22.6 Å². The van der Waals surface area contributed by atoms with Crippen LogP contribution in [0.2, 0.25) is 19.6 Å².